The average molecular weight is 369 g/mol. The summed E-state index contributed by atoms with van der Waals surface area (Å²) in [4.78, 5) is 0. The second-order valence-corrected chi connectivity index (χ2v) is 6.20. The predicted molar refractivity (Wildman–Crippen MR) is 87.0 cm³/mol. The monoisotopic (exact) mass is 367 g/mol. The molecular weight excluding hydrogens is 354 g/mol. The Morgan fingerprint density at radius 2 is 2.10 bits per heavy atom. The van der Waals surface area contributed by atoms with Gasteiger partial charge in [-0.1, -0.05) is 45.7 Å². The average Bonchev–Trinajstić information content (AvgIpc) is 2.94. The smallest absolute Gasteiger partial charge is 0.231 e. The highest BCUT2D eigenvalue weighted by molar-refractivity contribution is 9.10. The Bertz CT molecular complexity index is 663. The van der Waals surface area contributed by atoms with E-state index in [1.54, 1.807) is 0 Å². The van der Waals surface area contributed by atoms with Crippen LogP contribution in [0.3, 0.4) is 0 Å². The number of benzene rings is 2. The Morgan fingerprint density at radius 1 is 1.29 bits per heavy atom. The summed E-state index contributed by atoms with van der Waals surface area (Å²) < 4.78 is 11.8. The Labute approximate surface area is 137 Å². The maximum atomic E-state index is 6.19. The van der Waals surface area contributed by atoms with Gasteiger partial charge in [-0.25, -0.2) is 0 Å². The molecule has 0 bridgehead atoms. The molecule has 0 saturated heterocycles. The number of fused-ring (bicyclic) bond motifs is 1. The van der Waals surface area contributed by atoms with Crippen molar-refractivity contribution < 1.29 is 9.47 Å². The van der Waals surface area contributed by atoms with Crippen molar-refractivity contribution in [1.29, 1.82) is 0 Å². The highest BCUT2D eigenvalue weighted by atomic mass is 79.9. The third kappa shape index (κ3) is 3.18. The van der Waals surface area contributed by atoms with Crippen LogP contribution in [-0.2, 0) is 6.54 Å². The molecule has 2 aromatic rings. The minimum absolute atomic E-state index is 0.227. The van der Waals surface area contributed by atoms with Crippen LogP contribution >= 0.6 is 27.5 Å². The molecule has 1 aliphatic rings. The first-order chi connectivity index (χ1) is 10.1. The second kappa shape index (κ2) is 6.26. The fourth-order valence-corrected chi connectivity index (χ4v) is 3.25. The van der Waals surface area contributed by atoms with Gasteiger partial charge in [0.05, 0.1) is 5.02 Å². The van der Waals surface area contributed by atoms with Gasteiger partial charge in [-0.05, 0) is 36.2 Å². The SMILES string of the molecule is C[C@@H](NCc1cc(Cl)c2c(c1)OCO2)c1ccccc1Br. The Hall–Kier alpha value is -1.23. The second-order valence-electron chi connectivity index (χ2n) is 4.94. The quantitative estimate of drug-likeness (QED) is 0.850. The highest BCUT2D eigenvalue weighted by Crippen LogP contribution is 2.39. The zero-order chi connectivity index (χ0) is 14.8. The number of ether oxygens (including phenoxy) is 2. The van der Waals surface area contributed by atoms with Crippen molar-refractivity contribution in [1.82, 2.24) is 5.32 Å². The molecule has 0 radical (unpaired) electrons. The lowest BCUT2D eigenvalue weighted by molar-refractivity contribution is 0.174. The Kier molecular flexibility index (Phi) is 4.38. The first-order valence-electron chi connectivity index (χ1n) is 6.71. The standard InChI is InChI=1S/C16H15BrClNO2/c1-10(12-4-2-3-5-13(12)17)19-8-11-6-14(18)16-15(7-11)20-9-21-16/h2-7,10,19H,8-9H2,1H3/t10-/m1/s1. The van der Waals surface area contributed by atoms with E-state index in [9.17, 15) is 0 Å². The number of hydrogen-bond donors (Lipinski definition) is 1. The number of rotatable bonds is 4. The zero-order valence-corrected chi connectivity index (χ0v) is 13.9. The Balaban J connectivity index is 1.71. The number of nitrogens with one attached hydrogen (secondary N) is 1. The van der Waals surface area contributed by atoms with Gasteiger partial charge in [-0.15, -0.1) is 0 Å². The molecule has 110 valence electrons. The molecule has 3 rings (SSSR count). The first-order valence-corrected chi connectivity index (χ1v) is 7.88. The summed E-state index contributed by atoms with van der Waals surface area (Å²) in [5, 5.41) is 4.08. The van der Waals surface area contributed by atoms with E-state index in [-0.39, 0.29) is 12.8 Å². The number of halogens is 2. The summed E-state index contributed by atoms with van der Waals surface area (Å²) >= 11 is 9.77. The van der Waals surface area contributed by atoms with E-state index in [1.165, 1.54) is 5.56 Å². The molecule has 2 aromatic carbocycles. The molecule has 1 atom stereocenters. The Morgan fingerprint density at radius 3 is 2.90 bits per heavy atom. The molecule has 1 aliphatic heterocycles. The minimum atomic E-state index is 0.227. The molecule has 1 N–H and O–H groups in total. The van der Waals surface area contributed by atoms with Crippen LogP contribution in [0.5, 0.6) is 11.5 Å². The van der Waals surface area contributed by atoms with Gasteiger partial charge < -0.3 is 14.8 Å². The van der Waals surface area contributed by atoms with Gasteiger partial charge >= 0.3 is 0 Å². The van der Waals surface area contributed by atoms with Crippen LogP contribution in [0.15, 0.2) is 40.9 Å². The van der Waals surface area contributed by atoms with Gasteiger partial charge in [-0.2, -0.15) is 0 Å². The van der Waals surface area contributed by atoms with Gasteiger partial charge in [0.1, 0.15) is 0 Å². The molecule has 0 unspecified atom stereocenters. The van der Waals surface area contributed by atoms with E-state index in [1.807, 2.05) is 30.3 Å². The molecule has 3 nitrogen and oxygen atoms in total. The minimum Gasteiger partial charge on any atom is -0.454 e. The van der Waals surface area contributed by atoms with Crippen molar-refractivity contribution in [2.75, 3.05) is 6.79 Å². The van der Waals surface area contributed by atoms with Crippen molar-refractivity contribution in [2.45, 2.75) is 19.5 Å². The number of hydrogen-bond acceptors (Lipinski definition) is 3. The molecule has 0 saturated carbocycles. The van der Waals surface area contributed by atoms with Crippen LogP contribution in [0.25, 0.3) is 0 Å². The van der Waals surface area contributed by atoms with Gasteiger partial charge in [0, 0.05) is 17.1 Å². The molecule has 0 amide bonds. The van der Waals surface area contributed by atoms with Crippen molar-refractivity contribution in [3.8, 4) is 11.5 Å². The molecule has 1 heterocycles. The third-order valence-electron chi connectivity index (χ3n) is 3.47. The van der Waals surface area contributed by atoms with Gasteiger partial charge in [-0.3, -0.25) is 0 Å². The van der Waals surface area contributed by atoms with Crippen molar-refractivity contribution >= 4 is 27.5 Å². The molecule has 0 aliphatic carbocycles. The van der Waals surface area contributed by atoms with E-state index in [2.05, 4.69) is 34.2 Å². The highest BCUT2D eigenvalue weighted by Gasteiger charge is 2.18. The van der Waals surface area contributed by atoms with Crippen molar-refractivity contribution in [2.24, 2.45) is 0 Å². The van der Waals surface area contributed by atoms with Crippen LogP contribution < -0.4 is 14.8 Å². The summed E-state index contributed by atoms with van der Waals surface area (Å²) in [6.07, 6.45) is 0. The molecule has 21 heavy (non-hydrogen) atoms. The summed E-state index contributed by atoms with van der Waals surface area (Å²) in [7, 11) is 0. The van der Waals surface area contributed by atoms with Crippen LogP contribution in [0.2, 0.25) is 5.02 Å². The molecule has 0 aromatic heterocycles. The van der Waals surface area contributed by atoms with E-state index in [0.29, 0.717) is 23.1 Å². The maximum Gasteiger partial charge on any atom is 0.231 e. The molecular formula is C16H15BrClNO2. The fourth-order valence-electron chi connectivity index (χ4n) is 2.33. The van der Waals surface area contributed by atoms with E-state index in [0.717, 1.165) is 10.0 Å². The molecule has 5 heteroatoms. The van der Waals surface area contributed by atoms with Crippen LogP contribution in [0.1, 0.15) is 24.1 Å². The molecule has 0 fully saturated rings. The maximum absolute atomic E-state index is 6.19. The van der Waals surface area contributed by atoms with Gasteiger partial charge in [0.25, 0.3) is 0 Å². The van der Waals surface area contributed by atoms with Crippen molar-refractivity contribution in [3.05, 3.63) is 57.0 Å². The lowest BCUT2D eigenvalue weighted by Gasteiger charge is -2.16. The summed E-state index contributed by atoms with van der Waals surface area (Å²) in [5.74, 6) is 1.35. The van der Waals surface area contributed by atoms with Crippen LogP contribution in [0, 0.1) is 0 Å². The summed E-state index contributed by atoms with van der Waals surface area (Å²) in [6.45, 7) is 3.08. The van der Waals surface area contributed by atoms with Crippen LogP contribution in [0.4, 0.5) is 0 Å². The molecule has 0 spiro atoms. The fraction of sp³-hybridized carbons (Fsp3) is 0.250. The topological polar surface area (TPSA) is 30.5 Å². The zero-order valence-electron chi connectivity index (χ0n) is 11.5. The predicted octanol–water partition coefficient (Wildman–Crippen LogP) is 4.68. The lowest BCUT2D eigenvalue weighted by Crippen LogP contribution is -2.18. The summed E-state index contributed by atoms with van der Waals surface area (Å²) in [5.41, 5.74) is 2.30. The largest absolute Gasteiger partial charge is 0.454 e. The van der Waals surface area contributed by atoms with Crippen LogP contribution in [-0.4, -0.2) is 6.79 Å². The van der Waals surface area contributed by atoms with Gasteiger partial charge in [0.2, 0.25) is 6.79 Å². The van der Waals surface area contributed by atoms with E-state index >= 15 is 0 Å². The normalized spacial score (nSPS) is 14.2. The van der Waals surface area contributed by atoms with E-state index < -0.39 is 0 Å². The first kappa shape index (κ1) is 14.7. The third-order valence-corrected chi connectivity index (χ3v) is 4.47. The lowest BCUT2D eigenvalue weighted by atomic mass is 10.1. The van der Waals surface area contributed by atoms with Crippen molar-refractivity contribution in [3.63, 3.8) is 0 Å². The van der Waals surface area contributed by atoms with E-state index in [4.69, 9.17) is 21.1 Å². The summed E-state index contributed by atoms with van der Waals surface area (Å²) in [6, 6.07) is 12.3. The van der Waals surface area contributed by atoms with Gasteiger partial charge in [0.15, 0.2) is 11.5 Å².